The Labute approximate surface area is 136 Å². The van der Waals surface area contributed by atoms with Gasteiger partial charge < -0.3 is 10.2 Å². The third-order valence-corrected chi connectivity index (χ3v) is 3.79. The molecule has 1 aromatic rings. The maximum absolute atomic E-state index is 12.8. The zero-order valence-electron chi connectivity index (χ0n) is 13.5. The number of hydrogen-bond acceptors (Lipinski definition) is 3. The highest BCUT2D eigenvalue weighted by Gasteiger charge is 2.17. The SMILES string of the molecule is C=C(F)C(=O)Nc1ccc2c(c1)CCCC2=NOCCCCC. The van der Waals surface area contributed by atoms with E-state index in [2.05, 4.69) is 24.0 Å². The van der Waals surface area contributed by atoms with Crippen molar-refractivity contribution in [2.75, 3.05) is 11.9 Å². The Bertz CT molecular complexity index is 611. The summed E-state index contributed by atoms with van der Waals surface area (Å²) in [4.78, 5) is 16.8. The number of rotatable bonds is 7. The minimum absolute atomic E-state index is 0.567. The van der Waals surface area contributed by atoms with Crippen molar-refractivity contribution in [3.05, 3.63) is 41.7 Å². The smallest absolute Gasteiger partial charge is 0.283 e. The maximum Gasteiger partial charge on any atom is 0.283 e. The van der Waals surface area contributed by atoms with E-state index in [1.165, 1.54) is 0 Å². The van der Waals surface area contributed by atoms with Crippen molar-refractivity contribution in [2.24, 2.45) is 5.16 Å². The molecule has 0 radical (unpaired) electrons. The van der Waals surface area contributed by atoms with Gasteiger partial charge in [-0.1, -0.05) is 37.6 Å². The van der Waals surface area contributed by atoms with Crippen LogP contribution in [0.25, 0.3) is 0 Å². The molecular formula is C18H23FN2O2. The van der Waals surface area contributed by atoms with Crippen LogP contribution in [0.5, 0.6) is 0 Å². The molecule has 1 amide bonds. The summed E-state index contributed by atoms with van der Waals surface area (Å²) >= 11 is 0. The number of halogens is 1. The van der Waals surface area contributed by atoms with Gasteiger partial charge in [-0.3, -0.25) is 4.79 Å². The van der Waals surface area contributed by atoms with Gasteiger partial charge in [0.2, 0.25) is 0 Å². The number of amides is 1. The van der Waals surface area contributed by atoms with Crippen LogP contribution in [0.4, 0.5) is 10.1 Å². The molecular weight excluding hydrogens is 295 g/mol. The van der Waals surface area contributed by atoms with E-state index < -0.39 is 11.7 Å². The highest BCUT2D eigenvalue weighted by molar-refractivity contribution is 6.04. The van der Waals surface area contributed by atoms with Crippen LogP contribution in [0.15, 0.2) is 35.8 Å². The van der Waals surface area contributed by atoms with Gasteiger partial charge in [-0.25, -0.2) is 4.39 Å². The van der Waals surface area contributed by atoms with Crippen LogP contribution in [-0.4, -0.2) is 18.2 Å². The number of anilines is 1. The number of benzene rings is 1. The number of aryl methyl sites for hydroxylation is 1. The molecule has 2 rings (SSSR count). The molecule has 0 aliphatic heterocycles. The lowest BCUT2D eigenvalue weighted by Crippen LogP contribution is -2.15. The Kier molecular flexibility index (Phi) is 6.32. The number of carbonyl (C=O) groups is 1. The lowest BCUT2D eigenvalue weighted by molar-refractivity contribution is -0.114. The second kappa shape index (κ2) is 8.46. The third-order valence-electron chi connectivity index (χ3n) is 3.79. The van der Waals surface area contributed by atoms with Crippen LogP contribution in [0, 0.1) is 0 Å². The van der Waals surface area contributed by atoms with E-state index in [0.29, 0.717) is 12.3 Å². The van der Waals surface area contributed by atoms with Crippen LogP contribution in [0.1, 0.15) is 50.2 Å². The van der Waals surface area contributed by atoms with Crippen LogP contribution < -0.4 is 5.32 Å². The molecule has 5 heteroatoms. The Hall–Kier alpha value is -2.17. The summed E-state index contributed by atoms with van der Waals surface area (Å²) in [5.41, 5.74) is 3.64. The van der Waals surface area contributed by atoms with E-state index >= 15 is 0 Å². The minimum Gasteiger partial charge on any atom is -0.396 e. The first kappa shape index (κ1) is 17.2. The number of carbonyl (C=O) groups excluding carboxylic acids is 1. The number of hydrogen-bond donors (Lipinski definition) is 1. The van der Waals surface area contributed by atoms with E-state index in [0.717, 1.165) is 55.4 Å². The average Bonchev–Trinajstić information content (AvgIpc) is 2.54. The molecule has 1 N–H and O–H groups in total. The number of fused-ring (bicyclic) bond motifs is 1. The predicted octanol–water partition coefficient (Wildman–Crippen LogP) is 4.36. The molecule has 0 saturated heterocycles. The number of unbranched alkanes of at least 4 members (excludes halogenated alkanes) is 2. The van der Waals surface area contributed by atoms with Crippen molar-refractivity contribution in [3.63, 3.8) is 0 Å². The van der Waals surface area contributed by atoms with Gasteiger partial charge in [0.05, 0.1) is 5.71 Å². The van der Waals surface area contributed by atoms with Gasteiger partial charge in [-0.15, -0.1) is 0 Å². The molecule has 0 bridgehead atoms. The number of nitrogens with zero attached hydrogens (tertiary/aromatic N) is 1. The summed E-state index contributed by atoms with van der Waals surface area (Å²) in [7, 11) is 0. The summed E-state index contributed by atoms with van der Waals surface area (Å²) in [6, 6.07) is 5.51. The zero-order chi connectivity index (χ0) is 16.7. The molecule has 1 aromatic carbocycles. The van der Waals surface area contributed by atoms with Crippen molar-refractivity contribution in [1.29, 1.82) is 0 Å². The third kappa shape index (κ3) is 4.91. The maximum atomic E-state index is 12.8. The molecule has 0 unspecified atom stereocenters. The molecule has 0 aromatic heterocycles. The Balaban J connectivity index is 2.06. The van der Waals surface area contributed by atoms with E-state index in [-0.39, 0.29) is 0 Å². The quantitative estimate of drug-likeness (QED) is 0.461. The summed E-state index contributed by atoms with van der Waals surface area (Å²) < 4.78 is 12.8. The van der Waals surface area contributed by atoms with Gasteiger partial charge in [0.1, 0.15) is 6.61 Å². The number of nitrogens with one attached hydrogen (secondary N) is 1. The topological polar surface area (TPSA) is 50.7 Å². The molecule has 1 aliphatic carbocycles. The fourth-order valence-electron chi connectivity index (χ4n) is 2.57. The predicted molar refractivity (Wildman–Crippen MR) is 90.3 cm³/mol. The molecule has 0 heterocycles. The Morgan fingerprint density at radius 3 is 2.96 bits per heavy atom. The summed E-state index contributed by atoms with van der Waals surface area (Å²) in [6.45, 7) is 5.78. The van der Waals surface area contributed by atoms with Crippen molar-refractivity contribution >= 4 is 17.3 Å². The summed E-state index contributed by atoms with van der Waals surface area (Å²) in [5.74, 6) is -1.81. The number of oxime groups is 1. The zero-order valence-corrected chi connectivity index (χ0v) is 13.5. The van der Waals surface area contributed by atoms with Gasteiger partial charge in [0.15, 0.2) is 5.83 Å². The normalized spacial score (nSPS) is 15.1. The molecule has 23 heavy (non-hydrogen) atoms. The summed E-state index contributed by atoms with van der Waals surface area (Å²) in [5, 5.41) is 6.76. The second-order valence-electron chi connectivity index (χ2n) is 5.66. The Morgan fingerprint density at radius 2 is 2.22 bits per heavy atom. The van der Waals surface area contributed by atoms with E-state index in [1.54, 1.807) is 6.07 Å². The van der Waals surface area contributed by atoms with Crippen LogP contribution in [-0.2, 0) is 16.1 Å². The average molecular weight is 318 g/mol. The van der Waals surface area contributed by atoms with Gasteiger partial charge in [-0.05, 0) is 43.4 Å². The fourth-order valence-corrected chi connectivity index (χ4v) is 2.57. The van der Waals surface area contributed by atoms with Gasteiger partial charge in [0, 0.05) is 11.3 Å². The second-order valence-corrected chi connectivity index (χ2v) is 5.66. The van der Waals surface area contributed by atoms with Gasteiger partial charge in [0.25, 0.3) is 5.91 Å². The van der Waals surface area contributed by atoms with Crippen molar-refractivity contribution in [1.82, 2.24) is 0 Å². The van der Waals surface area contributed by atoms with Crippen molar-refractivity contribution in [2.45, 2.75) is 45.4 Å². The molecule has 1 aliphatic rings. The molecule has 0 saturated carbocycles. The molecule has 124 valence electrons. The standard InChI is InChI=1S/C18H23FN2O2/c1-3-4-5-11-23-21-17-8-6-7-14-12-15(9-10-16(14)17)20-18(22)13(2)19/h9-10,12H,2-8,11H2,1H3,(H,20,22). The van der Waals surface area contributed by atoms with E-state index in [4.69, 9.17) is 4.84 Å². The Morgan fingerprint density at radius 1 is 1.39 bits per heavy atom. The first-order valence-electron chi connectivity index (χ1n) is 8.09. The summed E-state index contributed by atoms with van der Waals surface area (Å²) in [6.07, 6.45) is 6.08. The van der Waals surface area contributed by atoms with E-state index in [9.17, 15) is 9.18 Å². The van der Waals surface area contributed by atoms with Crippen LogP contribution >= 0.6 is 0 Å². The van der Waals surface area contributed by atoms with Crippen LogP contribution in [0.2, 0.25) is 0 Å². The lowest BCUT2D eigenvalue weighted by atomic mass is 9.90. The minimum atomic E-state index is -0.995. The molecule has 0 spiro atoms. The highest BCUT2D eigenvalue weighted by atomic mass is 19.1. The fraction of sp³-hybridized carbons (Fsp3) is 0.444. The molecule has 0 fully saturated rings. The van der Waals surface area contributed by atoms with Gasteiger partial charge >= 0.3 is 0 Å². The molecule has 0 atom stereocenters. The monoisotopic (exact) mass is 318 g/mol. The molecule has 4 nitrogen and oxygen atoms in total. The van der Waals surface area contributed by atoms with Crippen molar-refractivity contribution in [3.8, 4) is 0 Å². The van der Waals surface area contributed by atoms with Gasteiger partial charge in [-0.2, -0.15) is 0 Å². The van der Waals surface area contributed by atoms with Crippen molar-refractivity contribution < 1.29 is 14.0 Å². The first-order valence-corrected chi connectivity index (χ1v) is 8.09. The lowest BCUT2D eigenvalue weighted by Gasteiger charge is -2.18. The first-order chi connectivity index (χ1) is 11.1. The highest BCUT2D eigenvalue weighted by Crippen LogP contribution is 2.25. The largest absolute Gasteiger partial charge is 0.396 e. The van der Waals surface area contributed by atoms with Crippen LogP contribution in [0.3, 0.4) is 0 Å². The van der Waals surface area contributed by atoms with E-state index in [1.807, 2.05) is 12.1 Å².